The number of benzene rings is 1. The molecule has 1 unspecified atom stereocenters. The van der Waals surface area contributed by atoms with Crippen LogP contribution in [-0.2, 0) is 20.9 Å². The van der Waals surface area contributed by atoms with Gasteiger partial charge in [-0.2, -0.15) is 5.10 Å². The zero-order valence-corrected chi connectivity index (χ0v) is 16.6. The molecule has 1 aromatic heterocycles. The van der Waals surface area contributed by atoms with Gasteiger partial charge in [0.25, 0.3) is 5.56 Å². The summed E-state index contributed by atoms with van der Waals surface area (Å²) in [7, 11) is 1.25. The number of rotatable bonds is 6. The monoisotopic (exact) mass is 399 g/mol. The molecule has 2 aromatic rings. The van der Waals surface area contributed by atoms with Gasteiger partial charge in [0.15, 0.2) is 0 Å². The van der Waals surface area contributed by atoms with E-state index in [-0.39, 0.29) is 12.1 Å². The van der Waals surface area contributed by atoms with Crippen LogP contribution in [0.25, 0.3) is 0 Å². The molecule has 3 rings (SSSR count). The molecule has 1 aliphatic rings. The maximum Gasteiger partial charge on any atom is 0.328 e. The van der Waals surface area contributed by atoms with Crippen molar-refractivity contribution >= 4 is 23.4 Å². The lowest BCUT2D eigenvalue weighted by molar-refractivity contribution is -0.144. The normalized spacial score (nSPS) is 15.0. The number of carbonyl (C=O) groups excluding carboxylic acids is 2. The Bertz CT molecular complexity index is 907. The van der Waals surface area contributed by atoms with Gasteiger partial charge in [0.05, 0.1) is 7.11 Å². The fourth-order valence-corrected chi connectivity index (χ4v) is 3.21. The number of anilines is 2. The minimum absolute atomic E-state index is 0.266. The molecule has 1 aromatic carbocycles. The Balaban J connectivity index is 1.63. The lowest BCUT2D eigenvalue weighted by Crippen LogP contribution is -2.47. The topological polar surface area (TPSA) is 96.8 Å². The molecule has 29 heavy (non-hydrogen) atoms. The Morgan fingerprint density at radius 3 is 2.38 bits per heavy atom. The van der Waals surface area contributed by atoms with Gasteiger partial charge < -0.3 is 19.9 Å². The van der Waals surface area contributed by atoms with Gasteiger partial charge in [-0.3, -0.25) is 9.59 Å². The molecular formula is C20H25N5O4. The average molecular weight is 399 g/mol. The first kappa shape index (κ1) is 20.4. The van der Waals surface area contributed by atoms with E-state index in [2.05, 4.69) is 37.1 Å². The number of methoxy groups -OCH3 is 1. The average Bonchev–Trinajstić information content (AvgIpc) is 2.75. The van der Waals surface area contributed by atoms with Crippen molar-refractivity contribution in [1.82, 2.24) is 15.1 Å². The SMILES string of the molecule is COC(=O)C(C)NC(=O)Cn1nc(N2CCN(c3ccccc3)CC2)ccc1=O. The lowest BCUT2D eigenvalue weighted by Gasteiger charge is -2.36. The predicted molar refractivity (Wildman–Crippen MR) is 109 cm³/mol. The fourth-order valence-electron chi connectivity index (χ4n) is 3.21. The van der Waals surface area contributed by atoms with Crippen LogP contribution in [-0.4, -0.2) is 61.0 Å². The van der Waals surface area contributed by atoms with E-state index < -0.39 is 17.9 Å². The third kappa shape index (κ3) is 5.13. The maximum atomic E-state index is 12.1. The molecular weight excluding hydrogens is 374 g/mol. The summed E-state index contributed by atoms with van der Waals surface area (Å²) in [6.45, 7) is 4.43. The standard InChI is InChI=1S/C20H25N5O4/c1-15(20(28)29-2)21-18(26)14-25-19(27)9-8-17(22-25)24-12-10-23(11-13-24)16-6-4-3-5-7-16/h3-9,15H,10-14H2,1-2H3,(H,21,26). The number of piperazine rings is 1. The first-order chi connectivity index (χ1) is 14.0. The van der Waals surface area contributed by atoms with Crippen LogP contribution in [0.3, 0.4) is 0 Å². The zero-order chi connectivity index (χ0) is 20.8. The Kier molecular flexibility index (Phi) is 6.48. The Morgan fingerprint density at radius 1 is 1.07 bits per heavy atom. The Labute approximate surface area is 168 Å². The van der Waals surface area contributed by atoms with E-state index in [1.165, 1.54) is 25.8 Å². The summed E-state index contributed by atoms with van der Waals surface area (Å²) in [5, 5.41) is 6.84. The number of hydrogen-bond donors (Lipinski definition) is 1. The van der Waals surface area contributed by atoms with Crippen molar-refractivity contribution in [3.63, 3.8) is 0 Å². The van der Waals surface area contributed by atoms with Crippen LogP contribution in [0, 0.1) is 0 Å². The number of ether oxygens (including phenoxy) is 1. The number of hydrogen-bond acceptors (Lipinski definition) is 7. The van der Waals surface area contributed by atoms with Crippen molar-refractivity contribution in [2.45, 2.75) is 19.5 Å². The number of nitrogens with one attached hydrogen (secondary N) is 1. The van der Waals surface area contributed by atoms with Gasteiger partial charge in [0, 0.05) is 37.9 Å². The minimum atomic E-state index is -0.794. The first-order valence-corrected chi connectivity index (χ1v) is 9.48. The van der Waals surface area contributed by atoms with Crippen LogP contribution in [0.5, 0.6) is 0 Å². The van der Waals surface area contributed by atoms with E-state index in [1.54, 1.807) is 6.07 Å². The summed E-state index contributed by atoms with van der Waals surface area (Å²) in [5.41, 5.74) is 0.805. The molecule has 1 aliphatic heterocycles. The van der Waals surface area contributed by atoms with Crippen molar-refractivity contribution in [3.8, 4) is 0 Å². The van der Waals surface area contributed by atoms with Crippen molar-refractivity contribution in [3.05, 3.63) is 52.8 Å². The number of amides is 1. The summed E-state index contributed by atoms with van der Waals surface area (Å²) in [6.07, 6.45) is 0. The third-order valence-electron chi connectivity index (χ3n) is 4.80. The zero-order valence-electron chi connectivity index (χ0n) is 16.6. The van der Waals surface area contributed by atoms with E-state index >= 15 is 0 Å². The summed E-state index contributed by atoms with van der Waals surface area (Å²) in [5.74, 6) is -0.390. The van der Waals surface area contributed by atoms with Gasteiger partial charge in [-0.25, -0.2) is 9.48 Å². The van der Waals surface area contributed by atoms with Crippen LogP contribution in [0.1, 0.15) is 6.92 Å². The van der Waals surface area contributed by atoms with Crippen LogP contribution < -0.4 is 20.7 Å². The molecule has 0 aliphatic carbocycles. The number of nitrogens with zero attached hydrogens (tertiary/aromatic N) is 4. The van der Waals surface area contributed by atoms with Gasteiger partial charge in [0.1, 0.15) is 18.4 Å². The van der Waals surface area contributed by atoms with Crippen LogP contribution in [0.2, 0.25) is 0 Å². The molecule has 0 saturated carbocycles. The number of esters is 1. The molecule has 154 valence electrons. The van der Waals surface area contributed by atoms with E-state index in [0.29, 0.717) is 5.82 Å². The number of aromatic nitrogens is 2. The summed E-state index contributed by atoms with van der Waals surface area (Å²) in [6, 6.07) is 12.5. The number of para-hydroxylation sites is 1. The number of carbonyl (C=O) groups is 2. The molecule has 0 spiro atoms. The van der Waals surface area contributed by atoms with Gasteiger partial charge >= 0.3 is 5.97 Å². The van der Waals surface area contributed by atoms with Crippen molar-refractivity contribution < 1.29 is 14.3 Å². The van der Waals surface area contributed by atoms with Crippen molar-refractivity contribution in [1.29, 1.82) is 0 Å². The molecule has 0 radical (unpaired) electrons. The van der Waals surface area contributed by atoms with Crippen LogP contribution in [0.4, 0.5) is 11.5 Å². The molecule has 1 fully saturated rings. The molecule has 1 atom stereocenters. The minimum Gasteiger partial charge on any atom is -0.467 e. The van der Waals surface area contributed by atoms with Crippen LogP contribution >= 0.6 is 0 Å². The van der Waals surface area contributed by atoms with Gasteiger partial charge in [-0.05, 0) is 25.1 Å². The van der Waals surface area contributed by atoms with Gasteiger partial charge in [0.2, 0.25) is 5.91 Å². The fraction of sp³-hybridized carbons (Fsp3) is 0.400. The Morgan fingerprint density at radius 2 is 1.72 bits per heavy atom. The lowest BCUT2D eigenvalue weighted by atomic mass is 10.2. The molecule has 2 heterocycles. The molecule has 1 amide bonds. The molecule has 9 nitrogen and oxygen atoms in total. The van der Waals surface area contributed by atoms with Crippen molar-refractivity contribution in [2.75, 3.05) is 43.1 Å². The molecule has 1 saturated heterocycles. The second-order valence-corrected chi connectivity index (χ2v) is 6.81. The highest BCUT2D eigenvalue weighted by Gasteiger charge is 2.20. The second kappa shape index (κ2) is 9.22. The van der Waals surface area contributed by atoms with Crippen molar-refractivity contribution in [2.24, 2.45) is 0 Å². The molecule has 9 heteroatoms. The maximum absolute atomic E-state index is 12.1. The molecule has 0 bridgehead atoms. The quantitative estimate of drug-likeness (QED) is 0.696. The van der Waals surface area contributed by atoms with E-state index in [1.807, 2.05) is 18.2 Å². The van der Waals surface area contributed by atoms with E-state index in [4.69, 9.17) is 0 Å². The van der Waals surface area contributed by atoms with Crippen LogP contribution in [0.15, 0.2) is 47.3 Å². The molecule has 1 N–H and O–H groups in total. The van der Waals surface area contributed by atoms with E-state index in [9.17, 15) is 14.4 Å². The third-order valence-corrected chi connectivity index (χ3v) is 4.80. The highest BCUT2D eigenvalue weighted by atomic mass is 16.5. The van der Waals surface area contributed by atoms with Gasteiger partial charge in [-0.15, -0.1) is 0 Å². The first-order valence-electron chi connectivity index (χ1n) is 9.48. The largest absolute Gasteiger partial charge is 0.467 e. The smallest absolute Gasteiger partial charge is 0.328 e. The van der Waals surface area contributed by atoms with Gasteiger partial charge in [-0.1, -0.05) is 18.2 Å². The second-order valence-electron chi connectivity index (χ2n) is 6.81. The summed E-state index contributed by atoms with van der Waals surface area (Å²) < 4.78 is 5.69. The summed E-state index contributed by atoms with van der Waals surface area (Å²) in [4.78, 5) is 40.1. The highest BCUT2D eigenvalue weighted by Crippen LogP contribution is 2.18. The Hall–Kier alpha value is -3.36. The predicted octanol–water partition coefficient (Wildman–Crippen LogP) is 0.248. The highest BCUT2D eigenvalue weighted by molar-refractivity contribution is 5.83. The summed E-state index contributed by atoms with van der Waals surface area (Å²) >= 11 is 0. The van der Waals surface area contributed by atoms with E-state index in [0.717, 1.165) is 30.9 Å².